The normalized spacial score (nSPS) is 26.8. The second-order valence-corrected chi connectivity index (χ2v) is 6.32. The van der Waals surface area contributed by atoms with Crippen LogP contribution in [0.15, 0.2) is 0 Å². The second-order valence-electron chi connectivity index (χ2n) is 4.92. The summed E-state index contributed by atoms with van der Waals surface area (Å²) >= 11 is 1.69. The molecule has 0 unspecified atom stereocenters. The molecule has 2 rings (SSSR count). The highest BCUT2D eigenvalue weighted by atomic mass is 32.2. The fourth-order valence-electron chi connectivity index (χ4n) is 2.27. The molecule has 0 bridgehead atoms. The molecule has 18 heavy (non-hydrogen) atoms. The van der Waals surface area contributed by atoms with E-state index in [0.29, 0.717) is 13.1 Å². The number of aliphatic hydroxyl groups excluding tert-OH is 1. The van der Waals surface area contributed by atoms with Gasteiger partial charge in [0.25, 0.3) is 0 Å². The molecule has 3 N–H and O–H groups in total. The molecule has 1 spiro atoms. The Morgan fingerprint density at radius 1 is 1.61 bits per heavy atom. The lowest BCUT2D eigenvalue weighted by atomic mass is 10.1. The van der Waals surface area contributed by atoms with Crippen LogP contribution in [-0.4, -0.2) is 64.7 Å². The average molecular weight is 273 g/mol. The van der Waals surface area contributed by atoms with Crippen LogP contribution in [0.25, 0.3) is 0 Å². The zero-order valence-corrected chi connectivity index (χ0v) is 11.4. The van der Waals surface area contributed by atoms with Gasteiger partial charge in [-0.05, 0) is 6.92 Å². The third kappa shape index (κ3) is 2.62. The van der Waals surface area contributed by atoms with Gasteiger partial charge in [0, 0.05) is 12.8 Å². The van der Waals surface area contributed by atoms with Crippen molar-refractivity contribution in [3.63, 3.8) is 0 Å². The van der Waals surface area contributed by atoms with Gasteiger partial charge >= 0.3 is 0 Å². The summed E-state index contributed by atoms with van der Waals surface area (Å²) < 4.78 is 0. The SMILES string of the molecule is CNC(=O)[C@@H]1CSC2(CN(C(=O)C[C@@H](C)O)C2)N1. The number of likely N-dealkylation sites (tertiary alicyclic amines) is 1. The number of rotatable bonds is 3. The molecule has 0 radical (unpaired) electrons. The summed E-state index contributed by atoms with van der Waals surface area (Å²) in [6.45, 7) is 2.82. The topological polar surface area (TPSA) is 81.7 Å². The van der Waals surface area contributed by atoms with Crippen LogP contribution in [0.2, 0.25) is 0 Å². The van der Waals surface area contributed by atoms with E-state index in [-0.39, 0.29) is 29.1 Å². The molecule has 2 aliphatic heterocycles. The first-order chi connectivity index (χ1) is 8.46. The summed E-state index contributed by atoms with van der Waals surface area (Å²) in [4.78, 5) is 24.8. The first-order valence-electron chi connectivity index (χ1n) is 6.05. The van der Waals surface area contributed by atoms with E-state index in [1.165, 1.54) is 0 Å². The van der Waals surface area contributed by atoms with E-state index in [9.17, 15) is 14.7 Å². The van der Waals surface area contributed by atoms with Crippen molar-refractivity contribution in [3.05, 3.63) is 0 Å². The van der Waals surface area contributed by atoms with Crippen molar-refractivity contribution in [2.45, 2.75) is 30.4 Å². The van der Waals surface area contributed by atoms with Crippen LogP contribution in [0, 0.1) is 0 Å². The molecular formula is C11H19N3O3S. The Balaban J connectivity index is 1.82. The van der Waals surface area contributed by atoms with E-state index < -0.39 is 6.10 Å². The van der Waals surface area contributed by atoms with E-state index in [2.05, 4.69) is 10.6 Å². The molecule has 2 saturated heterocycles. The van der Waals surface area contributed by atoms with Crippen LogP contribution >= 0.6 is 11.8 Å². The van der Waals surface area contributed by atoms with Gasteiger partial charge < -0.3 is 15.3 Å². The van der Waals surface area contributed by atoms with Crippen LogP contribution in [0.3, 0.4) is 0 Å². The van der Waals surface area contributed by atoms with Gasteiger partial charge in [-0.25, -0.2) is 0 Å². The summed E-state index contributed by atoms with van der Waals surface area (Å²) in [5.74, 6) is 0.701. The van der Waals surface area contributed by atoms with E-state index in [1.807, 2.05) is 0 Å². The molecule has 0 aliphatic carbocycles. The lowest BCUT2D eigenvalue weighted by Crippen LogP contribution is -2.68. The van der Waals surface area contributed by atoms with Crippen molar-refractivity contribution in [2.75, 3.05) is 25.9 Å². The number of amides is 2. The Bertz CT molecular complexity index is 355. The van der Waals surface area contributed by atoms with E-state index in [4.69, 9.17) is 0 Å². The minimum Gasteiger partial charge on any atom is -0.393 e. The van der Waals surface area contributed by atoms with Gasteiger partial charge in [0.15, 0.2) is 0 Å². The zero-order chi connectivity index (χ0) is 13.3. The van der Waals surface area contributed by atoms with Gasteiger partial charge in [0.05, 0.1) is 31.7 Å². The van der Waals surface area contributed by atoms with Crippen LogP contribution in [0.5, 0.6) is 0 Å². The van der Waals surface area contributed by atoms with E-state index >= 15 is 0 Å². The lowest BCUT2D eigenvalue weighted by molar-refractivity contribution is -0.138. The van der Waals surface area contributed by atoms with Crippen molar-refractivity contribution in [3.8, 4) is 0 Å². The highest BCUT2D eigenvalue weighted by Crippen LogP contribution is 2.38. The number of carbonyl (C=O) groups is 2. The second kappa shape index (κ2) is 5.07. The van der Waals surface area contributed by atoms with Gasteiger partial charge in [-0.2, -0.15) is 0 Å². The van der Waals surface area contributed by atoms with Crippen molar-refractivity contribution >= 4 is 23.6 Å². The maximum atomic E-state index is 11.7. The molecule has 6 nitrogen and oxygen atoms in total. The number of hydrogen-bond acceptors (Lipinski definition) is 5. The molecule has 0 aromatic rings. The predicted molar refractivity (Wildman–Crippen MR) is 69.1 cm³/mol. The lowest BCUT2D eigenvalue weighted by Gasteiger charge is -2.47. The number of carbonyl (C=O) groups excluding carboxylic acids is 2. The summed E-state index contributed by atoms with van der Waals surface area (Å²) in [6, 6.07) is -0.172. The Hall–Kier alpha value is -0.790. The molecule has 0 aromatic carbocycles. The molecule has 0 saturated carbocycles. The number of nitrogens with zero attached hydrogens (tertiary/aromatic N) is 1. The highest BCUT2D eigenvalue weighted by Gasteiger charge is 2.51. The third-order valence-electron chi connectivity index (χ3n) is 3.24. The fraction of sp³-hybridized carbons (Fsp3) is 0.818. The predicted octanol–water partition coefficient (Wildman–Crippen LogP) is -1.25. The molecule has 7 heteroatoms. The van der Waals surface area contributed by atoms with Crippen LogP contribution in [0.4, 0.5) is 0 Å². The number of likely N-dealkylation sites (N-methyl/N-ethyl adjacent to an activating group) is 1. The number of aliphatic hydroxyl groups is 1. The summed E-state index contributed by atoms with van der Waals surface area (Å²) in [7, 11) is 1.62. The maximum Gasteiger partial charge on any atom is 0.237 e. The van der Waals surface area contributed by atoms with Crippen molar-refractivity contribution < 1.29 is 14.7 Å². The molecular weight excluding hydrogens is 254 g/mol. The van der Waals surface area contributed by atoms with Gasteiger partial charge in [-0.3, -0.25) is 14.9 Å². The minimum atomic E-state index is -0.600. The minimum absolute atomic E-state index is 0.00636. The average Bonchev–Trinajstić information content (AvgIpc) is 2.69. The van der Waals surface area contributed by atoms with Crippen molar-refractivity contribution in [1.29, 1.82) is 0 Å². The maximum absolute atomic E-state index is 11.7. The van der Waals surface area contributed by atoms with Gasteiger partial charge in [0.2, 0.25) is 11.8 Å². The molecule has 2 aliphatic rings. The summed E-state index contributed by atoms with van der Waals surface area (Å²) in [5.41, 5.74) is 0. The fourth-order valence-corrected chi connectivity index (χ4v) is 3.71. The third-order valence-corrected chi connectivity index (χ3v) is 4.67. The Labute approximate surface area is 110 Å². The largest absolute Gasteiger partial charge is 0.393 e. The van der Waals surface area contributed by atoms with Crippen LogP contribution in [0.1, 0.15) is 13.3 Å². The highest BCUT2D eigenvalue weighted by molar-refractivity contribution is 8.01. The number of thioether (sulfide) groups is 1. The van der Waals surface area contributed by atoms with Gasteiger partial charge in [-0.1, -0.05) is 0 Å². The smallest absolute Gasteiger partial charge is 0.237 e. The monoisotopic (exact) mass is 273 g/mol. The van der Waals surface area contributed by atoms with E-state index in [1.54, 1.807) is 30.6 Å². The standard InChI is InChI=1S/C11H19N3O3S/c1-7(15)3-9(16)14-5-11(6-14)13-8(4-18-11)10(17)12-2/h7-8,13,15H,3-6H2,1-2H3,(H,12,17)/t7-,8+/m1/s1. The zero-order valence-electron chi connectivity index (χ0n) is 10.6. The summed E-state index contributed by atoms with van der Waals surface area (Å²) in [5, 5.41) is 15.1. The van der Waals surface area contributed by atoms with Gasteiger partial charge in [-0.15, -0.1) is 11.8 Å². The van der Waals surface area contributed by atoms with Crippen LogP contribution < -0.4 is 10.6 Å². The van der Waals surface area contributed by atoms with E-state index in [0.717, 1.165) is 5.75 Å². The van der Waals surface area contributed by atoms with Crippen LogP contribution in [-0.2, 0) is 9.59 Å². The molecule has 2 amide bonds. The first-order valence-corrected chi connectivity index (χ1v) is 7.03. The Kier molecular flexibility index (Phi) is 3.84. The molecule has 2 atom stereocenters. The van der Waals surface area contributed by atoms with Crippen molar-refractivity contribution in [2.24, 2.45) is 0 Å². The first kappa shape index (κ1) is 13.6. The Morgan fingerprint density at radius 2 is 2.28 bits per heavy atom. The quantitative estimate of drug-likeness (QED) is 0.598. The molecule has 2 fully saturated rings. The molecule has 0 aromatic heterocycles. The summed E-state index contributed by atoms with van der Waals surface area (Å²) in [6.07, 6.45) is -0.434. The van der Waals surface area contributed by atoms with Crippen molar-refractivity contribution in [1.82, 2.24) is 15.5 Å². The number of hydrogen-bond donors (Lipinski definition) is 3. The molecule has 2 heterocycles. The van der Waals surface area contributed by atoms with Gasteiger partial charge in [0.1, 0.15) is 4.87 Å². The molecule has 102 valence electrons. The number of nitrogens with one attached hydrogen (secondary N) is 2. The Morgan fingerprint density at radius 3 is 2.83 bits per heavy atom.